The van der Waals surface area contributed by atoms with Crippen molar-refractivity contribution in [1.82, 2.24) is 0 Å². The quantitative estimate of drug-likeness (QED) is 0.612. The molecular weight excluding hydrogens is 150 g/mol. The van der Waals surface area contributed by atoms with Gasteiger partial charge < -0.3 is 10.8 Å². The lowest BCUT2D eigenvalue weighted by atomic mass is 9.77. The van der Waals surface area contributed by atoms with E-state index in [1.165, 1.54) is 19.3 Å². The molecule has 0 heterocycles. The predicted octanol–water partition coefficient (Wildman–Crippen LogP) is 1.03. The van der Waals surface area contributed by atoms with E-state index in [0.29, 0.717) is 5.92 Å². The summed E-state index contributed by atoms with van der Waals surface area (Å²) in [7, 11) is 0. The van der Waals surface area contributed by atoms with Gasteiger partial charge in [-0.25, -0.2) is 0 Å². The van der Waals surface area contributed by atoms with Gasteiger partial charge in [0.15, 0.2) is 0 Å². The van der Waals surface area contributed by atoms with Crippen LogP contribution in [0, 0.1) is 11.8 Å². The Labute approximate surface area is 73.1 Å². The summed E-state index contributed by atoms with van der Waals surface area (Å²) in [6.45, 7) is 0. The van der Waals surface area contributed by atoms with Gasteiger partial charge in [0.1, 0.15) is 0 Å². The zero-order chi connectivity index (χ0) is 8.40. The molecule has 0 amide bonds. The fraction of sp³-hybridized carbons (Fsp3) is 1.00. The van der Waals surface area contributed by atoms with Crippen molar-refractivity contribution in [3.63, 3.8) is 0 Å². The molecule has 0 saturated heterocycles. The van der Waals surface area contributed by atoms with E-state index in [4.69, 9.17) is 5.73 Å². The molecule has 2 nitrogen and oxygen atoms in total. The maximum atomic E-state index is 10.5. The van der Waals surface area contributed by atoms with Crippen LogP contribution in [0.3, 0.4) is 0 Å². The van der Waals surface area contributed by atoms with E-state index in [0.717, 1.165) is 25.2 Å². The molecule has 3 aliphatic carbocycles. The van der Waals surface area contributed by atoms with Gasteiger partial charge in [-0.15, -0.1) is 0 Å². The molecule has 0 aromatic rings. The monoisotopic (exact) mass is 167 g/mol. The molecule has 3 unspecified atom stereocenters. The minimum Gasteiger partial charge on any atom is -0.388 e. The fourth-order valence-electron chi connectivity index (χ4n) is 3.48. The largest absolute Gasteiger partial charge is 0.388 e. The van der Waals surface area contributed by atoms with E-state index in [-0.39, 0.29) is 5.54 Å². The Balaban J connectivity index is 1.92. The van der Waals surface area contributed by atoms with Crippen LogP contribution in [0.5, 0.6) is 0 Å². The molecule has 3 fully saturated rings. The summed E-state index contributed by atoms with van der Waals surface area (Å²) in [4.78, 5) is 0. The van der Waals surface area contributed by atoms with Crippen LogP contribution < -0.4 is 5.73 Å². The highest BCUT2D eigenvalue weighted by atomic mass is 16.3. The first-order chi connectivity index (χ1) is 5.64. The lowest BCUT2D eigenvalue weighted by Gasteiger charge is -2.38. The van der Waals surface area contributed by atoms with Gasteiger partial charge in [-0.05, 0) is 50.4 Å². The van der Waals surface area contributed by atoms with Gasteiger partial charge in [0.05, 0.1) is 5.60 Å². The van der Waals surface area contributed by atoms with E-state index >= 15 is 0 Å². The number of nitrogens with two attached hydrogens (primary N) is 1. The average molecular weight is 167 g/mol. The van der Waals surface area contributed by atoms with Gasteiger partial charge >= 0.3 is 0 Å². The molecule has 12 heavy (non-hydrogen) atoms. The third-order valence-electron chi connectivity index (χ3n) is 4.47. The molecule has 0 aromatic carbocycles. The summed E-state index contributed by atoms with van der Waals surface area (Å²) in [6.07, 6.45) is 6.90. The first kappa shape index (κ1) is 7.34. The Morgan fingerprint density at radius 2 is 2.00 bits per heavy atom. The second-order valence-electron chi connectivity index (χ2n) is 5.16. The van der Waals surface area contributed by atoms with Crippen molar-refractivity contribution in [3.8, 4) is 0 Å². The van der Waals surface area contributed by atoms with Gasteiger partial charge in [0.2, 0.25) is 0 Å². The molecule has 3 rings (SSSR count). The van der Waals surface area contributed by atoms with Gasteiger partial charge in [0.25, 0.3) is 0 Å². The zero-order valence-electron chi connectivity index (χ0n) is 7.42. The lowest BCUT2D eigenvalue weighted by Crippen LogP contribution is -2.53. The summed E-state index contributed by atoms with van der Waals surface area (Å²) >= 11 is 0. The van der Waals surface area contributed by atoms with Crippen LogP contribution in [-0.4, -0.2) is 16.2 Å². The molecular formula is C10H17NO. The van der Waals surface area contributed by atoms with Crippen LogP contribution in [0.15, 0.2) is 0 Å². The van der Waals surface area contributed by atoms with E-state index in [1.807, 2.05) is 0 Å². The Bertz CT molecular complexity index is 224. The number of hydrogen-bond acceptors (Lipinski definition) is 2. The molecule has 3 atom stereocenters. The van der Waals surface area contributed by atoms with Crippen molar-refractivity contribution < 1.29 is 5.11 Å². The predicted molar refractivity (Wildman–Crippen MR) is 46.6 cm³/mol. The number of aliphatic hydroxyl groups is 1. The standard InChI is InChI=1S/C10H17NO/c11-9(3-4-9)10(12)6-7-1-2-8(10)5-7/h7-8,12H,1-6,11H2. The normalized spacial score (nSPS) is 54.5. The number of hydrogen-bond donors (Lipinski definition) is 2. The molecule has 2 bridgehead atoms. The second kappa shape index (κ2) is 1.88. The topological polar surface area (TPSA) is 46.2 Å². The van der Waals surface area contributed by atoms with E-state index < -0.39 is 5.60 Å². The maximum Gasteiger partial charge on any atom is 0.0857 e. The van der Waals surface area contributed by atoms with Crippen molar-refractivity contribution in [2.45, 2.75) is 49.7 Å². The SMILES string of the molecule is NC1(C2(O)CC3CCC2C3)CC1. The molecule has 0 radical (unpaired) electrons. The van der Waals surface area contributed by atoms with Crippen LogP contribution in [0.2, 0.25) is 0 Å². The average Bonchev–Trinajstić information content (AvgIpc) is 2.56. The maximum absolute atomic E-state index is 10.5. The number of rotatable bonds is 1. The second-order valence-corrected chi connectivity index (χ2v) is 5.16. The van der Waals surface area contributed by atoms with Crippen molar-refractivity contribution in [3.05, 3.63) is 0 Å². The van der Waals surface area contributed by atoms with Crippen LogP contribution >= 0.6 is 0 Å². The molecule has 0 spiro atoms. The first-order valence-electron chi connectivity index (χ1n) is 5.15. The van der Waals surface area contributed by atoms with Gasteiger partial charge in [-0.2, -0.15) is 0 Å². The third-order valence-corrected chi connectivity index (χ3v) is 4.47. The van der Waals surface area contributed by atoms with Gasteiger partial charge in [0, 0.05) is 5.54 Å². The molecule has 2 heteroatoms. The van der Waals surface area contributed by atoms with Crippen molar-refractivity contribution >= 4 is 0 Å². The minimum absolute atomic E-state index is 0.174. The van der Waals surface area contributed by atoms with Crippen LogP contribution in [-0.2, 0) is 0 Å². The molecule has 3 N–H and O–H groups in total. The Morgan fingerprint density at radius 1 is 1.25 bits per heavy atom. The van der Waals surface area contributed by atoms with Crippen LogP contribution in [0.4, 0.5) is 0 Å². The lowest BCUT2D eigenvalue weighted by molar-refractivity contribution is -0.0449. The molecule has 0 aromatic heterocycles. The summed E-state index contributed by atoms with van der Waals surface area (Å²) in [6, 6.07) is 0. The summed E-state index contributed by atoms with van der Waals surface area (Å²) in [5.41, 5.74) is 5.49. The summed E-state index contributed by atoms with van der Waals surface area (Å²) < 4.78 is 0. The van der Waals surface area contributed by atoms with Crippen molar-refractivity contribution in [1.29, 1.82) is 0 Å². The smallest absolute Gasteiger partial charge is 0.0857 e. The highest BCUT2D eigenvalue weighted by molar-refractivity contribution is 5.20. The van der Waals surface area contributed by atoms with Crippen LogP contribution in [0.1, 0.15) is 38.5 Å². The highest BCUT2D eigenvalue weighted by Gasteiger charge is 2.64. The van der Waals surface area contributed by atoms with Crippen LogP contribution in [0.25, 0.3) is 0 Å². The Morgan fingerprint density at radius 3 is 2.42 bits per heavy atom. The molecule has 68 valence electrons. The Kier molecular flexibility index (Phi) is 1.15. The molecule has 3 aliphatic rings. The third kappa shape index (κ3) is 0.686. The minimum atomic E-state index is -0.462. The van der Waals surface area contributed by atoms with Gasteiger partial charge in [-0.1, -0.05) is 0 Å². The van der Waals surface area contributed by atoms with Crippen molar-refractivity contribution in [2.24, 2.45) is 17.6 Å². The van der Waals surface area contributed by atoms with E-state index in [1.54, 1.807) is 0 Å². The van der Waals surface area contributed by atoms with Crippen molar-refractivity contribution in [2.75, 3.05) is 0 Å². The number of fused-ring (bicyclic) bond motifs is 2. The fourth-order valence-corrected chi connectivity index (χ4v) is 3.48. The van der Waals surface area contributed by atoms with E-state index in [9.17, 15) is 5.11 Å². The molecule has 0 aliphatic heterocycles. The zero-order valence-corrected chi connectivity index (χ0v) is 7.42. The van der Waals surface area contributed by atoms with E-state index in [2.05, 4.69) is 0 Å². The Hall–Kier alpha value is -0.0800. The highest BCUT2D eigenvalue weighted by Crippen LogP contribution is 2.60. The molecule has 3 saturated carbocycles. The summed E-state index contributed by atoms with van der Waals surface area (Å²) in [5.74, 6) is 1.33. The first-order valence-corrected chi connectivity index (χ1v) is 5.15. The summed E-state index contributed by atoms with van der Waals surface area (Å²) in [5, 5.41) is 10.5. The van der Waals surface area contributed by atoms with Gasteiger partial charge in [-0.3, -0.25) is 0 Å².